The highest BCUT2D eigenvalue weighted by molar-refractivity contribution is 6.07. The van der Waals surface area contributed by atoms with Gasteiger partial charge in [0.15, 0.2) is 0 Å². The predicted octanol–water partition coefficient (Wildman–Crippen LogP) is 4.36. The highest BCUT2D eigenvalue weighted by Crippen LogP contribution is 2.36. The van der Waals surface area contributed by atoms with Crippen molar-refractivity contribution in [2.75, 3.05) is 13.1 Å². The van der Waals surface area contributed by atoms with E-state index in [0.717, 1.165) is 34.9 Å². The Hall–Kier alpha value is -3.28. The summed E-state index contributed by atoms with van der Waals surface area (Å²) in [6.07, 6.45) is 2.95. The highest BCUT2D eigenvalue weighted by atomic mass is 16.6. The van der Waals surface area contributed by atoms with E-state index in [1.165, 1.54) is 0 Å². The number of nitrogens with zero attached hydrogens (tertiary/aromatic N) is 3. The normalized spacial score (nSPS) is 22.2. The lowest BCUT2D eigenvalue weighted by molar-refractivity contribution is 0.0642. The van der Waals surface area contributed by atoms with Crippen LogP contribution in [0.5, 0.6) is 0 Å². The van der Waals surface area contributed by atoms with Crippen LogP contribution >= 0.6 is 0 Å². The van der Waals surface area contributed by atoms with E-state index in [-0.39, 0.29) is 30.2 Å². The molecule has 0 saturated carbocycles. The van der Waals surface area contributed by atoms with Gasteiger partial charge in [0.25, 0.3) is 5.91 Å². The first-order valence-corrected chi connectivity index (χ1v) is 10.9. The van der Waals surface area contributed by atoms with Gasteiger partial charge < -0.3 is 14.2 Å². The van der Waals surface area contributed by atoms with E-state index in [2.05, 4.69) is 6.92 Å². The first-order valence-electron chi connectivity index (χ1n) is 10.9. The zero-order valence-corrected chi connectivity index (χ0v) is 17.9. The Kier molecular flexibility index (Phi) is 4.93. The minimum absolute atomic E-state index is 0.0276. The maximum absolute atomic E-state index is 13.2. The quantitative estimate of drug-likeness (QED) is 0.636. The molecule has 2 aliphatic heterocycles. The van der Waals surface area contributed by atoms with Crippen LogP contribution < -0.4 is 0 Å². The van der Waals surface area contributed by atoms with E-state index in [1.807, 2.05) is 82.2 Å². The predicted molar refractivity (Wildman–Crippen MR) is 119 cm³/mol. The molecule has 6 nitrogen and oxygen atoms in total. The number of aryl methyl sites for hydroxylation is 1. The molecule has 3 aromatic rings. The lowest BCUT2D eigenvalue weighted by Crippen LogP contribution is -2.49. The molecule has 2 amide bonds. The zero-order chi connectivity index (χ0) is 21.5. The van der Waals surface area contributed by atoms with E-state index >= 15 is 0 Å². The topological polar surface area (TPSA) is 54.8 Å². The standard InChI is InChI=1S/C25H27N3O3/c1-17-23(18-8-4-3-5-9-18)31-25(30)28(17)19-12-14-27(15-13-19)24(29)21-16-26(2)22-11-7-6-10-20(21)22/h3-11,16-17,19,23H,12-15H2,1-2H3. The number of hydrogen-bond donors (Lipinski definition) is 0. The first-order chi connectivity index (χ1) is 15.0. The third-order valence-corrected chi connectivity index (χ3v) is 6.72. The number of amides is 2. The van der Waals surface area contributed by atoms with Gasteiger partial charge in [-0.2, -0.15) is 0 Å². The molecule has 0 aliphatic carbocycles. The zero-order valence-electron chi connectivity index (χ0n) is 17.9. The van der Waals surface area contributed by atoms with Crippen molar-refractivity contribution in [3.05, 3.63) is 71.9 Å². The smallest absolute Gasteiger partial charge is 0.411 e. The number of aromatic nitrogens is 1. The minimum Gasteiger partial charge on any atom is -0.439 e. The van der Waals surface area contributed by atoms with Crippen molar-refractivity contribution in [3.63, 3.8) is 0 Å². The SMILES string of the molecule is CC1C(c2ccccc2)OC(=O)N1C1CCN(C(=O)c2cn(C)c3ccccc23)CC1. The van der Waals surface area contributed by atoms with Gasteiger partial charge in [-0.3, -0.25) is 9.69 Å². The summed E-state index contributed by atoms with van der Waals surface area (Å²) in [7, 11) is 1.97. The molecule has 2 aliphatic rings. The van der Waals surface area contributed by atoms with Crippen LogP contribution in [0.4, 0.5) is 4.79 Å². The number of likely N-dealkylation sites (tertiary alicyclic amines) is 1. The molecular formula is C25H27N3O3. The number of para-hydroxylation sites is 1. The van der Waals surface area contributed by atoms with Crippen LogP contribution in [-0.2, 0) is 11.8 Å². The summed E-state index contributed by atoms with van der Waals surface area (Å²) < 4.78 is 7.72. The van der Waals surface area contributed by atoms with Gasteiger partial charge in [-0.15, -0.1) is 0 Å². The Labute approximate surface area is 182 Å². The molecule has 0 spiro atoms. The van der Waals surface area contributed by atoms with Crippen LogP contribution in [0.1, 0.15) is 41.8 Å². The van der Waals surface area contributed by atoms with Crippen LogP contribution in [0.3, 0.4) is 0 Å². The fraction of sp³-hybridized carbons (Fsp3) is 0.360. The number of fused-ring (bicyclic) bond motifs is 1. The van der Waals surface area contributed by atoms with Crippen LogP contribution in [-0.4, -0.2) is 51.5 Å². The number of carbonyl (C=O) groups is 2. The van der Waals surface area contributed by atoms with Gasteiger partial charge in [-0.05, 0) is 31.4 Å². The molecule has 0 N–H and O–H groups in total. The van der Waals surface area contributed by atoms with E-state index in [0.29, 0.717) is 13.1 Å². The number of rotatable bonds is 3. The lowest BCUT2D eigenvalue weighted by atomic mass is 9.98. The Balaban J connectivity index is 1.28. The molecule has 160 valence electrons. The third kappa shape index (κ3) is 3.36. The van der Waals surface area contributed by atoms with E-state index in [9.17, 15) is 9.59 Å². The van der Waals surface area contributed by atoms with Crippen LogP contribution in [0.2, 0.25) is 0 Å². The van der Waals surface area contributed by atoms with Gasteiger partial charge in [0, 0.05) is 43.3 Å². The average Bonchev–Trinajstić information content (AvgIpc) is 3.30. The van der Waals surface area contributed by atoms with Crippen molar-refractivity contribution in [2.45, 2.75) is 38.0 Å². The largest absolute Gasteiger partial charge is 0.439 e. The van der Waals surface area contributed by atoms with Gasteiger partial charge in [-0.1, -0.05) is 48.5 Å². The Bertz CT molecular complexity index is 1120. The van der Waals surface area contributed by atoms with Gasteiger partial charge >= 0.3 is 6.09 Å². The molecule has 2 aromatic carbocycles. The lowest BCUT2D eigenvalue weighted by Gasteiger charge is -2.37. The van der Waals surface area contributed by atoms with Crippen molar-refractivity contribution < 1.29 is 14.3 Å². The van der Waals surface area contributed by atoms with Gasteiger partial charge in [0.05, 0.1) is 11.6 Å². The second-order valence-corrected chi connectivity index (χ2v) is 8.56. The summed E-state index contributed by atoms with van der Waals surface area (Å²) in [4.78, 5) is 29.7. The molecule has 5 rings (SSSR count). The van der Waals surface area contributed by atoms with Crippen molar-refractivity contribution in [1.29, 1.82) is 0 Å². The minimum atomic E-state index is -0.250. The molecule has 0 bridgehead atoms. The molecule has 3 heterocycles. The second-order valence-electron chi connectivity index (χ2n) is 8.56. The summed E-state index contributed by atoms with van der Waals surface area (Å²) in [5, 5.41) is 0.986. The second kappa shape index (κ2) is 7.76. The number of piperidine rings is 1. The number of carbonyl (C=O) groups excluding carboxylic acids is 2. The summed E-state index contributed by atoms with van der Waals surface area (Å²) in [5.41, 5.74) is 2.82. The van der Waals surface area contributed by atoms with Crippen LogP contribution in [0.15, 0.2) is 60.8 Å². The highest BCUT2D eigenvalue weighted by Gasteiger charge is 2.44. The number of hydrogen-bond acceptors (Lipinski definition) is 3. The Morgan fingerprint density at radius 2 is 1.68 bits per heavy atom. The Morgan fingerprint density at radius 1 is 1.00 bits per heavy atom. The summed E-state index contributed by atoms with van der Waals surface area (Å²) in [6.45, 7) is 3.33. The molecule has 2 atom stereocenters. The molecule has 2 unspecified atom stereocenters. The molecule has 2 fully saturated rings. The average molecular weight is 418 g/mol. The maximum atomic E-state index is 13.2. The van der Waals surface area contributed by atoms with E-state index < -0.39 is 0 Å². The molecule has 31 heavy (non-hydrogen) atoms. The summed E-state index contributed by atoms with van der Waals surface area (Å²) in [6, 6.07) is 18.0. The number of benzene rings is 2. The molecule has 2 saturated heterocycles. The van der Waals surface area contributed by atoms with Crippen molar-refractivity contribution >= 4 is 22.9 Å². The Morgan fingerprint density at radius 3 is 2.42 bits per heavy atom. The fourth-order valence-corrected chi connectivity index (χ4v) is 5.08. The third-order valence-electron chi connectivity index (χ3n) is 6.72. The van der Waals surface area contributed by atoms with E-state index in [1.54, 1.807) is 0 Å². The summed E-state index contributed by atoms with van der Waals surface area (Å²) in [5.74, 6) is 0.0643. The number of cyclic esters (lactones) is 1. The number of ether oxygens (including phenoxy) is 1. The molecule has 1 aromatic heterocycles. The summed E-state index contributed by atoms with van der Waals surface area (Å²) >= 11 is 0. The van der Waals surface area contributed by atoms with Crippen LogP contribution in [0.25, 0.3) is 10.9 Å². The fourth-order valence-electron chi connectivity index (χ4n) is 5.08. The van der Waals surface area contributed by atoms with Crippen LogP contribution in [0, 0.1) is 0 Å². The van der Waals surface area contributed by atoms with Gasteiger partial charge in [0.1, 0.15) is 6.10 Å². The molecule has 6 heteroatoms. The molecular weight excluding hydrogens is 390 g/mol. The molecule has 0 radical (unpaired) electrons. The van der Waals surface area contributed by atoms with Crippen molar-refractivity contribution in [3.8, 4) is 0 Å². The van der Waals surface area contributed by atoms with Gasteiger partial charge in [-0.25, -0.2) is 4.79 Å². The van der Waals surface area contributed by atoms with Crippen molar-refractivity contribution in [2.24, 2.45) is 7.05 Å². The van der Waals surface area contributed by atoms with Crippen molar-refractivity contribution in [1.82, 2.24) is 14.4 Å². The monoisotopic (exact) mass is 417 g/mol. The van der Waals surface area contributed by atoms with Gasteiger partial charge in [0.2, 0.25) is 0 Å². The first kappa shape index (κ1) is 19.7. The van der Waals surface area contributed by atoms with E-state index in [4.69, 9.17) is 4.74 Å². The maximum Gasteiger partial charge on any atom is 0.411 e.